The molecule has 0 unspecified atom stereocenters. The fraction of sp³-hybridized carbons (Fsp3) is 0.360. The van der Waals surface area contributed by atoms with Crippen molar-refractivity contribution in [2.75, 3.05) is 13.1 Å². The highest BCUT2D eigenvalue weighted by atomic mass is 16.4. The van der Waals surface area contributed by atoms with Gasteiger partial charge in [-0.3, -0.25) is 4.79 Å². The zero-order chi connectivity index (χ0) is 20.9. The topological polar surface area (TPSA) is 52.9 Å². The van der Waals surface area contributed by atoms with E-state index in [4.69, 9.17) is 0 Å². The van der Waals surface area contributed by atoms with Gasteiger partial charge in [-0.05, 0) is 54.4 Å². The van der Waals surface area contributed by atoms with Crippen LogP contribution < -0.4 is 0 Å². The summed E-state index contributed by atoms with van der Waals surface area (Å²) in [6, 6.07) is 14.3. The molecule has 2 aromatic rings. The number of allylic oxidation sites excluding steroid dienone is 1. The lowest BCUT2D eigenvalue weighted by molar-refractivity contribution is -0.119. The number of amides is 1. The number of fused-ring (bicyclic) bond motifs is 3. The Labute approximate surface area is 173 Å². The number of hydrogen-bond donors (Lipinski definition) is 1. The number of hydrogen-bond acceptors (Lipinski definition) is 3. The molecule has 0 fully saturated rings. The first-order valence-electron chi connectivity index (χ1n) is 10.3. The molecule has 0 bridgehead atoms. The molecular formula is C25H30N2O2. The second-order valence-electron chi connectivity index (χ2n) is 8.43. The van der Waals surface area contributed by atoms with Crippen LogP contribution in [-0.2, 0) is 4.79 Å². The van der Waals surface area contributed by atoms with Gasteiger partial charge in [-0.25, -0.2) is 0 Å². The van der Waals surface area contributed by atoms with Gasteiger partial charge in [-0.1, -0.05) is 67.6 Å². The molecule has 1 aliphatic carbocycles. The largest absolute Gasteiger partial charge is 0.410 e. The minimum Gasteiger partial charge on any atom is -0.410 e. The molecule has 1 N–H and O–H groups in total. The van der Waals surface area contributed by atoms with Gasteiger partial charge < -0.3 is 10.1 Å². The molecule has 3 rings (SSSR count). The van der Waals surface area contributed by atoms with E-state index >= 15 is 0 Å². The van der Waals surface area contributed by atoms with Crippen molar-refractivity contribution < 1.29 is 10.0 Å². The van der Waals surface area contributed by atoms with Crippen LogP contribution >= 0.6 is 0 Å². The van der Waals surface area contributed by atoms with Gasteiger partial charge in [0.1, 0.15) is 5.71 Å². The third-order valence-electron chi connectivity index (χ3n) is 5.59. The smallest absolute Gasteiger partial charge is 0.209 e. The van der Waals surface area contributed by atoms with Crippen LogP contribution in [0.2, 0.25) is 0 Å². The van der Waals surface area contributed by atoms with Crippen molar-refractivity contribution >= 4 is 18.2 Å². The molecule has 4 heteroatoms. The molecule has 0 saturated carbocycles. The van der Waals surface area contributed by atoms with Gasteiger partial charge in [0.15, 0.2) is 0 Å². The molecule has 0 atom stereocenters. The van der Waals surface area contributed by atoms with Crippen LogP contribution in [0.4, 0.5) is 0 Å². The van der Waals surface area contributed by atoms with E-state index in [1.807, 2.05) is 30.0 Å². The number of unbranched alkanes of at least 4 members (excludes halogenated alkanes) is 1. The summed E-state index contributed by atoms with van der Waals surface area (Å²) in [7, 11) is 0. The third-order valence-corrected chi connectivity index (χ3v) is 5.59. The van der Waals surface area contributed by atoms with Crippen molar-refractivity contribution in [3.05, 3.63) is 65.2 Å². The van der Waals surface area contributed by atoms with Crippen LogP contribution in [0, 0.1) is 5.41 Å². The first-order chi connectivity index (χ1) is 14.0. The molecule has 4 nitrogen and oxygen atoms in total. The number of carbonyl (C=O) groups excluding carboxylic acids is 1. The molecule has 152 valence electrons. The summed E-state index contributed by atoms with van der Waals surface area (Å²) in [5.74, 6) is 0. The minimum absolute atomic E-state index is 0.122. The Hall–Kier alpha value is -2.88. The van der Waals surface area contributed by atoms with E-state index in [1.54, 1.807) is 0 Å². The monoisotopic (exact) mass is 390 g/mol. The van der Waals surface area contributed by atoms with Crippen molar-refractivity contribution in [2.45, 2.75) is 40.0 Å². The van der Waals surface area contributed by atoms with Crippen molar-refractivity contribution in [1.82, 2.24) is 4.90 Å². The van der Waals surface area contributed by atoms with Gasteiger partial charge >= 0.3 is 0 Å². The summed E-state index contributed by atoms with van der Waals surface area (Å²) in [5.41, 5.74) is 6.05. The fourth-order valence-electron chi connectivity index (χ4n) is 4.04. The summed E-state index contributed by atoms with van der Waals surface area (Å²) in [5, 5.41) is 13.1. The van der Waals surface area contributed by atoms with E-state index in [2.05, 4.69) is 55.4 Å². The Balaban J connectivity index is 1.61. The normalized spacial score (nSPS) is 14.2. The van der Waals surface area contributed by atoms with Gasteiger partial charge in [0.2, 0.25) is 6.41 Å². The summed E-state index contributed by atoms with van der Waals surface area (Å²) in [6.45, 7) is 8.00. The van der Waals surface area contributed by atoms with Gasteiger partial charge in [0.25, 0.3) is 0 Å². The van der Waals surface area contributed by atoms with Crippen LogP contribution in [0.25, 0.3) is 17.2 Å². The maximum absolute atomic E-state index is 11.0. The van der Waals surface area contributed by atoms with Gasteiger partial charge in [0, 0.05) is 24.2 Å². The second kappa shape index (κ2) is 9.08. The molecule has 2 aromatic carbocycles. The summed E-state index contributed by atoms with van der Waals surface area (Å²) in [6.07, 6.45) is 8.43. The van der Waals surface area contributed by atoms with E-state index in [0.29, 0.717) is 5.71 Å². The molecule has 0 aliphatic heterocycles. The average molecular weight is 391 g/mol. The maximum atomic E-state index is 11.0. The Morgan fingerprint density at radius 3 is 2.48 bits per heavy atom. The van der Waals surface area contributed by atoms with E-state index in [9.17, 15) is 10.0 Å². The maximum Gasteiger partial charge on any atom is 0.209 e. The zero-order valence-electron chi connectivity index (χ0n) is 17.6. The predicted molar refractivity (Wildman–Crippen MR) is 119 cm³/mol. The SMILES string of the molecule is CCN(C=O)CC(C)(C)CCC/C=C/c1ccc2c(c1)/C(=N\O)c1ccccc1-2. The molecule has 0 heterocycles. The lowest BCUT2D eigenvalue weighted by Crippen LogP contribution is -2.33. The number of benzene rings is 2. The molecule has 1 aliphatic rings. The van der Waals surface area contributed by atoms with Gasteiger partial charge in [0.05, 0.1) is 0 Å². The molecule has 0 radical (unpaired) electrons. The number of carbonyl (C=O) groups is 1. The standard InChI is InChI=1S/C25H30N2O2/c1-4-27(18-28)17-25(2,3)15-9-5-6-10-19-13-14-21-20-11-7-8-12-22(20)24(26-29)23(21)16-19/h6-8,10-14,16,18,29H,4-5,9,15,17H2,1-3H3/b10-6+,26-24-. The highest BCUT2D eigenvalue weighted by Gasteiger charge is 2.25. The van der Waals surface area contributed by atoms with Gasteiger partial charge in [-0.2, -0.15) is 0 Å². The minimum atomic E-state index is 0.122. The predicted octanol–water partition coefficient (Wildman–Crippen LogP) is 5.58. The first kappa shape index (κ1) is 20.8. The second-order valence-corrected chi connectivity index (χ2v) is 8.43. The van der Waals surface area contributed by atoms with E-state index < -0.39 is 0 Å². The molecule has 1 amide bonds. The Morgan fingerprint density at radius 1 is 1.07 bits per heavy atom. The van der Waals surface area contributed by atoms with Gasteiger partial charge in [-0.15, -0.1) is 0 Å². The average Bonchev–Trinajstić information content (AvgIpc) is 3.04. The summed E-state index contributed by atoms with van der Waals surface area (Å²) < 4.78 is 0. The molecular weight excluding hydrogens is 360 g/mol. The van der Waals surface area contributed by atoms with Crippen molar-refractivity contribution in [3.8, 4) is 11.1 Å². The van der Waals surface area contributed by atoms with Crippen molar-refractivity contribution in [1.29, 1.82) is 0 Å². The molecule has 29 heavy (non-hydrogen) atoms. The molecule has 0 spiro atoms. The van der Waals surface area contributed by atoms with Crippen molar-refractivity contribution in [3.63, 3.8) is 0 Å². The lowest BCUT2D eigenvalue weighted by Gasteiger charge is -2.29. The lowest BCUT2D eigenvalue weighted by atomic mass is 9.86. The zero-order valence-corrected chi connectivity index (χ0v) is 17.6. The number of oxime groups is 1. The van der Waals surface area contributed by atoms with E-state index in [1.165, 1.54) is 0 Å². The van der Waals surface area contributed by atoms with Crippen LogP contribution in [-0.4, -0.2) is 35.3 Å². The number of nitrogens with zero attached hydrogens (tertiary/aromatic N) is 2. The highest BCUT2D eigenvalue weighted by molar-refractivity contribution is 6.24. The van der Waals surface area contributed by atoms with E-state index in [-0.39, 0.29) is 5.41 Å². The number of rotatable bonds is 9. The molecule has 0 aromatic heterocycles. The summed E-state index contributed by atoms with van der Waals surface area (Å²) in [4.78, 5) is 12.9. The first-order valence-corrected chi connectivity index (χ1v) is 10.3. The fourth-order valence-corrected chi connectivity index (χ4v) is 4.04. The summed E-state index contributed by atoms with van der Waals surface area (Å²) >= 11 is 0. The Morgan fingerprint density at radius 2 is 1.79 bits per heavy atom. The van der Waals surface area contributed by atoms with Crippen LogP contribution in [0.15, 0.2) is 53.7 Å². The highest BCUT2D eigenvalue weighted by Crippen LogP contribution is 2.37. The van der Waals surface area contributed by atoms with E-state index in [0.717, 1.165) is 66.6 Å². The Kier molecular flexibility index (Phi) is 6.53. The van der Waals surface area contributed by atoms with Crippen LogP contribution in [0.5, 0.6) is 0 Å². The quantitative estimate of drug-likeness (QED) is 0.224. The van der Waals surface area contributed by atoms with Crippen molar-refractivity contribution in [2.24, 2.45) is 10.6 Å². The van der Waals surface area contributed by atoms with Crippen LogP contribution in [0.1, 0.15) is 56.7 Å². The van der Waals surface area contributed by atoms with Crippen LogP contribution in [0.3, 0.4) is 0 Å². The molecule has 0 saturated heterocycles. The Bertz CT molecular complexity index is 928. The third kappa shape index (κ3) is 4.76.